The van der Waals surface area contributed by atoms with E-state index in [4.69, 9.17) is 20.8 Å². The fourth-order valence-electron chi connectivity index (χ4n) is 2.49. The average molecular weight is 436 g/mol. The highest BCUT2D eigenvalue weighted by molar-refractivity contribution is 7.99. The Balaban J connectivity index is 1.51. The smallest absolute Gasteiger partial charge is 0.277 e. The van der Waals surface area contributed by atoms with Gasteiger partial charge in [-0.15, -0.1) is 10.2 Å². The Bertz CT molecular complexity index is 985. The maximum absolute atomic E-state index is 13.7. The van der Waals surface area contributed by atoms with Crippen LogP contribution in [0.3, 0.4) is 0 Å². The summed E-state index contributed by atoms with van der Waals surface area (Å²) in [6.45, 7) is 3.55. The first-order chi connectivity index (χ1) is 13.9. The molecule has 0 aliphatic heterocycles. The summed E-state index contributed by atoms with van der Waals surface area (Å²) in [7, 11) is 0. The number of hydrogen-bond donors (Lipinski definition) is 1. The predicted molar refractivity (Wildman–Crippen MR) is 108 cm³/mol. The average Bonchev–Trinajstić information content (AvgIpc) is 3.17. The minimum atomic E-state index is -0.634. The Hall–Kier alpha value is -2.58. The molecule has 6 nitrogen and oxygen atoms in total. The third-order valence-corrected chi connectivity index (χ3v) is 5.02. The molecular weight excluding hydrogens is 417 g/mol. The molecular formula is C20H19ClFN3O3S. The quantitative estimate of drug-likeness (QED) is 0.503. The zero-order valence-corrected chi connectivity index (χ0v) is 17.3. The van der Waals surface area contributed by atoms with Gasteiger partial charge in [0.15, 0.2) is 17.7 Å². The summed E-state index contributed by atoms with van der Waals surface area (Å²) in [5, 5.41) is 11.5. The fourth-order valence-corrected chi connectivity index (χ4v) is 3.27. The van der Waals surface area contributed by atoms with Gasteiger partial charge in [-0.2, -0.15) is 0 Å². The number of hydrogen-bond acceptors (Lipinski definition) is 6. The lowest BCUT2D eigenvalue weighted by molar-refractivity contribution is -0.119. The van der Waals surface area contributed by atoms with Crippen LogP contribution in [0, 0.1) is 5.82 Å². The van der Waals surface area contributed by atoms with E-state index < -0.39 is 11.9 Å². The topological polar surface area (TPSA) is 77.2 Å². The van der Waals surface area contributed by atoms with E-state index in [9.17, 15) is 9.18 Å². The summed E-state index contributed by atoms with van der Waals surface area (Å²) in [4.78, 5) is 12.2. The predicted octanol–water partition coefficient (Wildman–Crippen LogP) is 4.97. The molecule has 0 saturated carbocycles. The molecule has 0 aliphatic carbocycles. The maximum atomic E-state index is 13.7. The van der Waals surface area contributed by atoms with Crippen molar-refractivity contribution < 1.29 is 18.3 Å². The number of benzene rings is 2. The molecule has 29 heavy (non-hydrogen) atoms. The van der Waals surface area contributed by atoms with E-state index in [2.05, 4.69) is 15.5 Å². The second-order valence-electron chi connectivity index (χ2n) is 6.23. The summed E-state index contributed by atoms with van der Waals surface area (Å²) >= 11 is 7.09. The van der Waals surface area contributed by atoms with Gasteiger partial charge in [-0.1, -0.05) is 47.6 Å². The molecule has 2 aromatic carbocycles. The van der Waals surface area contributed by atoms with Gasteiger partial charge < -0.3 is 14.5 Å². The molecule has 1 amide bonds. The molecule has 1 heterocycles. The van der Waals surface area contributed by atoms with Gasteiger partial charge in [0.25, 0.3) is 11.1 Å². The number of nitrogens with zero attached hydrogens (tertiary/aromatic N) is 2. The largest absolute Gasteiger partial charge is 0.478 e. The molecule has 1 N–H and O–H groups in total. The van der Waals surface area contributed by atoms with E-state index in [1.165, 1.54) is 12.1 Å². The van der Waals surface area contributed by atoms with Crippen LogP contribution in [-0.2, 0) is 4.79 Å². The zero-order chi connectivity index (χ0) is 20.8. The van der Waals surface area contributed by atoms with Crippen molar-refractivity contribution in [1.29, 1.82) is 0 Å². The van der Waals surface area contributed by atoms with Gasteiger partial charge in [0.1, 0.15) is 0 Å². The summed E-state index contributed by atoms with van der Waals surface area (Å²) in [6, 6.07) is 13.2. The Morgan fingerprint density at radius 2 is 2.03 bits per heavy atom. The Labute approximate surface area is 176 Å². The van der Waals surface area contributed by atoms with E-state index in [0.717, 1.165) is 17.3 Å². The SMILES string of the molecule is CC(NC(=O)CSc1nnc(C(C)Oc2ccccc2F)o1)c1cccc(Cl)c1. The molecule has 0 spiro atoms. The van der Waals surface area contributed by atoms with Gasteiger partial charge in [0.2, 0.25) is 5.91 Å². The zero-order valence-electron chi connectivity index (χ0n) is 15.8. The minimum absolute atomic E-state index is 0.0989. The van der Waals surface area contributed by atoms with Crippen molar-refractivity contribution in [2.24, 2.45) is 0 Å². The number of carbonyl (C=O) groups is 1. The molecule has 9 heteroatoms. The van der Waals surface area contributed by atoms with Crippen molar-refractivity contribution in [2.45, 2.75) is 31.2 Å². The Morgan fingerprint density at radius 1 is 1.24 bits per heavy atom. The van der Waals surface area contributed by atoms with Crippen LogP contribution in [0.5, 0.6) is 5.75 Å². The van der Waals surface area contributed by atoms with E-state index in [-0.39, 0.29) is 34.6 Å². The van der Waals surface area contributed by atoms with Crippen LogP contribution < -0.4 is 10.1 Å². The Kier molecular flexibility index (Phi) is 7.11. The monoisotopic (exact) mass is 435 g/mol. The van der Waals surface area contributed by atoms with Crippen molar-refractivity contribution in [3.63, 3.8) is 0 Å². The lowest BCUT2D eigenvalue weighted by Gasteiger charge is -2.14. The van der Waals surface area contributed by atoms with Gasteiger partial charge in [0, 0.05) is 5.02 Å². The van der Waals surface area contributed by atoms with Crippen LogP contribution in [0.1, 0.15) is 37.4 Å². The maximum Gasteiger partial charge on any atom is 0.277 e. The second-order valence-corrected chi connectivity index (χ2v) is 7.59. The van der Waals surface area contributed by atoms with Gasteiger partial charge in [-0.05, 0) is 43.7 Å². The van der Waals surface area contributed by atoms with Gasteiger partial charge >= 0.3 is 0 Å². The molecule has 0 bridgehead atoms. The number of thioether (sulfide) groups is 1. The normalized spacial score (nSPS) is 13.0. The van der Waals surface area contributed by atoms with E-state index in [0.29, 0.717) is 5.02 Å². The fraction of sp³-hybridized carbons (Fsp3) is 0.250. The first-order valence-corrected chi connectivity index (χ1v) is 10.2. The van der Waals surface area contributed by atoms with Crippen LogP contribution in [0.4, 0.5) is 4.39 Å². The van der Waals surface area contributed by atoms with Crippen molar-refractivity contribution in [3.8, 4) is 5.75 Å². The van der Waals surface area contributed by atoms with Gasteiger partial charge in [-0.25, -0.2) is 4.39 Å². The number of amides is 1. The highest BCUT2D eigenvalue weighted by Gasteiger charge is 2.18. The number of ether oxygens (including phenoxy) is 1. The number of carbonyl (C=O) groups excluding carboxylic acids is 1. The first-order valence-electron chi connectivity index (χ1n) is 8.84. The molecule has 3 rings (SSSR count). The van der Waals surface area contributed by atoms with Crippen molar-refractivity contribution in [2.75, 3.05) is 5.75 Å². The number of aromatic nitrogens is 2. The first kappa shape index (κ1) is 21.1. The molecule has 0 aliphatic rings. The minimum Gasteiger partial charge on any atom is -0.478 e. The van der Waals surface area contributed by atoms with Crippen LogP contribution >= 0.6 is 23.4 Å². The van der Waals surface area contributed by atoms with Gasteiger partial charge in [-0.3, -0.25) is 4.79 Å². The van der Waals surface area contributed by atoms with E-state index >= 15 is 0 Å². The van der Waals surface area contributed by atoms with E-state index in [1.54, 1.807) is 31.2 Å². The molecule has 0 radical (unpaired) electrons. The number of halogens is 2. The molecule has 152 valence electrons. The highest BCUT2D eigenvalue weighted by atomic mass is 35.5. The van der Waals surface area contributed by atoms with Crippen molar-refractivity contribution >= 4 is 29.3 Å². The van der Waals surface area contributed by atoms with Crippen LogP contribution in [0.2, 0.25) is 5.02 Å². The summed E-state index contributed by atoms with van der Waals surface area (Å²) in [5.74, 6) is -0.253. The molecule has 0 fully saturated rings. The van der Waals surface area contributed by atoms with Crippen LogP contribution in [-0.4, -0.2) is 21.9 Å². The molecule has 3 aromatic rings. The van der Waals surface area contributed by atoms with Gasteiger partial charge in [0.05, 0.1) is 11.8 Å². The third-order valence-electron chi connectivity index (χ3n) is 3.96. The molecule has 0 saturated heterocycles. The summed E-state index contributed by atoms with van der Waals surface area (Å²) < 4.78 is 24.7. The van der Waals surface area contributed by atoms with Crippen LogP contribution in [0.25, 0.3) is 0 Å². The molecule has 1 aromatic heterocycles. The summed E-state index contributed by atoms with van der Waals surface area (Å²) in [5.41, 5.74) is 0.912. The van der Waals surface area contributed by atoms with Crippen molar-refractivity contribution in [1.82, 2.24) is 15.5 Å². The standard InChI is InChI=1S/C20H19ClFN3O3S/c1-12(14-6-5-7-15(21)10-14)23-18(26)11-29-20-25-24-19(28-20)13(2)27-17-9-4-3-8-16(17)22/h3-10,12-13H,11H2,1-2H3,(H,23,26). The van der Waals surface area contributed by atoms with Crippen LogP contribution in [0.15, 0.2) is 58.2 Å². The molecule has 2 atom stereocenters. The highest BCUT2D eigenvalue weighted by Crippen LogP contribution is 2.25. The Morgan fingerprint density at radius 3 is 2.79 bits per heavy atom. The lowest BCUT2D eigenvalue weighted by atomic mass is 10.1. The number of para-hydroxylation sites is 1. The second kappa shape index (κ2) is 9.76. The summed E-state index contributed by atoms with van der Waals surface area (Å²) in [6.07, 6.45) is -0.634. The van der Waals surface area contributed by atoms with Crippen molar-refractivity contribution in [3.05, 3.63) is 70.8 Å². The lowest BCUT2D eigenvalue weighted by Crippen LogP contribution is -2.28. The molecule has 2 unspecified atom stereocenters. The van der Waals surface area contributed by atoms with E-state index in [1.807, 2.05) is 19.1 Å². The number of rotatable bonds is 8. The number of nitrogens with one attached hydrogen (secondary N) is 1. The third kappa shape index (κ3) is 5.95.